The number of nitrogens with two attached hydrogens (primary N) is 1. The van der Waals surface area contributed by atoms with Crippen LogP contribution in [0.1, 0.15) is 21.8 Å². The SMILES string of the molecule is Cc1cc(CNC(=O)c2cc(Cl)ccc2NN)on1. The smallest absolute Gasteiger partial charge is 0.253 e. The molecule has 0 saturated carbocycles. The van der Waals surface area contributed by atoms with Gasteiger partial charge in [0.05, 0.1) is 23.5 Å². The highest BCUT2D eigenvalue weighted by atomic mass is 35.5. The Morgan fingerprint density at radius 3 is 2.89 bits per heavy atom. The Kier molecular flexibility index (Phi) is 4.03. The number of anilines is 1. The molecule has 0 saturated heterocycles. The van der Waals surface area contributed by atoms with Crippen molar-refractivity contribution in [3.63, 3.8) is 0 Å². The van der Waals surface area contributed by atoms with Crippen molar-refractivity contribution >= 4 is 23.2 Å². The van der Waals surface area contributed by atoms with Gasteiger partial charge in [-0.25, -0.2) is 0 Å². The number of nitrogens with one attached hydrogen (secondary N) is 2. The molecule has 0 aliphatic heterocycles. The maximum atomic E-state index is 12.0. The van der Waals surface area contributed by atoms with Gasteiger partial charge in [-0.05, 0) is 25.1 Å². The molecule has 2 rings (SSSR count). The molecule has 4 N–H and O–H groups in total. The summed E-state index contributed by atoms with van der Waals surface area (Å²) in [6, 6.07) is 6.57. The van der Waals surface area contributed by atoms with Crippen molar-refractivity contribution in [2.45, 2.75) is 13.5 Å². The number of carbonyl (C=O) groups is 1. The number of amides is 1. The molecule has 0 aliphatic carbocycles. The molecule has 0 spiro atoms. The monoisotopic (exact) mass is 280 g/mol. The van der Waals surface area contributed by atoms with Crippen LogP contribution < -0.4 is 16.6 Å². The molecule has 1 aromatic heterocycles. The quantitative estimate of drug-likeness (QED) is 0.587. The van der Waals surface area contributed by atoms with Gasteiger partial charge in [0.1, 0.15) is 0 Å². The van der Waals surface area contributed by atoms with Crippen LogP contribution in [-0.4, -0.2) is 11.1 Å². The van der Waals surface area contributed by atoms with Crippen LogP contribution in [-0.2, 0) is 6.54 Å². The van der Waals surface area contributed by atoms with E-state index in [0.717, 1.165) is 5.69 Å². The third kappa shape index (κ3) is 3.24. The molecule has 2 aromatic rings. The number of aryl methyl sites for hydroxylation is 1. The van der Waals surface area contributed by atoms with Crippen LogP contribution in [0, 0.1) is 6.92 Å². The van der Waals surface area contributed by atoms with E-state index in [9.17, 15) is 4.79 Å². The number of hydrogen-bond donors (Lipinski definition) is 3. The molecular formula is C12H13ClN4O2. The average molecular weight is 281 g/mol. The summed E-state index contributed by atoms with van der Waals surface area (Å²) in [7, 11) is 0. The van der Waals surface area contributed by atoms with Crippen LogP contribution in [0.25, 0.3) is 0 Å². The Labute approximate surface area is 114 Å². The highest BCUT2D eigenvalue weighted by Crippen LogP contribution is 2.19. The van der Waals surface area contributed by atoms with Crippen molar-refractivity contribution in [2.75, 3.05) is 5.43 Å². The molecule has 1 heterocycles. The van der Waals surface area contributed by atoms with Crippen LogP contribution in [0.5, 0.6) is 0 Å². The number of nitrogen functional groups attached to an aromatic ring is 1. The summed E-state index contributed by atoms with van der Waals surface area (Å²) >= 11 is 5.86. The Morgan fingerprint density at radius 1 is 1.47 bits per heavy atom. The summed E-state index contributed by atoms with van der Waals surface area (Å²) in [5, 5.41) is 6.90. The fourth-order valence-corrected chi connectivity index (χ4v) is 1.76. The Balaban J connectivity index is 2.09. The average Bonchev–Trinajstić information content (AvgIpc) is 2.81. The second-order valence-electron chi connectivity index (χ2n) is 3.95. The lowest BCUT2D eigenvalue weighted by Gasteiger charge is -2.09. The number of carbonyl (C=O) groups excluding carboxylic acids is 1. The zero-order chi connectivity index (χ0) is 13.8. The summed E-state index contributed by atoms with van der Waals surface area (Å²) < 4.78 is 5.00. The maximum Gasteiger partial charge on any atom is 0.253 e. The molecule has 100 valence electrons. The van der Waals surface area contributed by atoms with Crippen LogP contribution in [0.2, 0.25) is 5.02 Å². The van der Waals surface area contributed by atoms with E-state index in [1.165, 1.54) is 6.07 Å². The van der Waals surface area contributed by atoms with Gasteiger partial charge < -0.3 is 15.3 Å². The van der Waals surface area contributed by atoms with Gasteiger partial charge in [-0.2, -0.15) is 0 Å². The molecule has 1 aromatic carbocycles. The van der Waals surface area contributed by atoms with E-state index >= 15 is 0 Å². The molecule has 0 aliphatic rings. The third-order valence-corrected chi connectivity index (χ3v) is 2.72. The minimum absolute atomic E-state index is 0.246. The van der Waals surface area contributed by atoms with Gasteiger partial charge in [0.15, 0.2) is 5.76 Å². The van der Waals surface area contributed by atoms with E-state index in [4.69, 9.17) is 22.0 Å². The maximum absolute atomic E-state index is 12.0. The predicted molar refractivity (Wildman–Crippen MR) is 71.7 cm³/mol. The molecule has 1 amide bonds. The number of nitrogens with zero attached hydrogens (tertiary/aromatic N) is 1. The minimum atomic E-state index is -0.301. The van der Waals surface area contributed by atoms with Crippen LogP contribution in [0.3, 0.4) is 0 Å². The molecule has 0 atom stereocenters. The summed E-state index contributed by atoms with van der Waals surface area (Å²) in [5.74, 6) is 5.62. The Bertz CT molecular complexity index is 597. The third-order valence-electron chi connectivity index (χ3n) is 2.48. The standard InChI is InChI=1S/C12H13ClN4O2/c1-7-4-9(19-17-7)6-15-12(18)10-5-8(13)2-3-11(10)16-14/h2-5,16H,6,14H2,1H3,(H,15,18). The molecule has 19 heavy (non-hydrogen) atoms. The second-order valence-corrected chi connectivity index (χ2v) is 4.39. The highest BCUT2D eigenvalue weighted by Gasteiger charge is 2.12. The van der Waals surface area contributed by atoms with Crippen LogP contribution >= 0.6 is 11.6 Å². The van der Waals surface area contributed by atoms with E-state index in [-0.39, 0.29) is 12.5 Å². The van der Waals surface area contributed by atoms with E-state index in [1.807, 2.05) is 6.92 Å². The van der Waals surface area contributed by atoms with Gasteiger partial charge in [0.2, 0.25) is 0 Å². The number of halogens is 1. The van der Waals surface area contributed by atoms with Crippen molar-refractivity contribution < 1.29 is 9.32 Å². The van der Waals surface area contributed by atoms with Gasteiger partial charge in [-0.3, -0.25) is 10.6 Å². The topological polar surface area (TPSA) is 93.2 Å². The Hall–Kier alpha value is -2.05. The number of benzene rings is 1. The van der Waals surface area contributed by atoms with Gasteiger partial charge in [0.25, 0.3) is 5.91 Å². The second kappa shape index (κ2) is 5.73. The molecule has 7 heteroatoms. The first-order valence-electron chi connectivity index (χ1n) is 5.56. The summed E-state index contributed by atoms with van der Waals surface area (Å²) in [4.78, 5) is 12.0. The zero-order valence-corrected chi connectivity index (χ0v) is 11.0. The van der Waals surface area contributed by atoms with E-state index in [2.05, 4.69) is 15.9 Å². The molecule has 0 fully saturated rings. The first-order chi connectivity index (χ1) is 9.10. The van der Waals surface area contributed by atoms with Gasteiger partial charge >= 0.3 is 0 Å². The largest absolute Gasteiger partial charge is 0.359 e. The number of hydrazine groups is 1. The summed E-state index contributed by atoms with van der Waals surface area (Å²) in [6.07, 6.45) is 0. The van der Waals surface area contributed by atoms with Gasteiger partial charge in [0, 0.05) is 11.1 Å². The lowest BCUT2D eigenvalue weighted by atomic mass is 10.1. The molecule has 6 nitrogen and oxygen atoms in total. The van der Waals surface area contributed by atoms with Crippen molar-refractivity contribution in [1.29, 1.82) is 0 Å². The van der Waals surface area contributed by atoms with Gasteiger partial charge in [-0.15, -0.1) is 0 Å². The molecule has 0 bridgehead atoms. The van der Waals surface area contributed by atoms with Crippen molar-refractivity contribution in [3.8, 4) is 0 Å². The van der Waals surface area contributed by atoms with Crippen LogP contribution in [0.15, 0.2) is 28.8 Å². The fourth-order valence-electron chi connectivity index (χ4n) is 1.59. The first kappa shape index (κ1) is 13.4. The number of rotatable bonds is 4. The van der Waals surface area contributed by atoms with E-state index < -0.39 is 0 Å². The summed E-state index contributed by atoms with van der Waals surface area (Å²) in [5.41, 5.74) is 4.07. The van der Waals surface area contributed by atoms with Crippen LogP contribution in [0.4, 0.5) is 5.69 Å². The van der Waals surface area contributed by atoms with Crippen molar-refractivity contribution in [3.05, 3.63) is 46.3 Å². The highest BCUT2D eigenvalue weighted by molar-refractivity contribution is 6.31. The van der Waals surface area contributed by atoms with Gasteiger partial charge in [-0.1, -0.05) is 16.8 Å². The Morgan fingerprint density at radius 2 is 2.26 bits per heavy atom. The summed E-state index contributed by atoms with van der Waals surface area (Å²) in [6.45, 7) is 2.05. The fraction of sp³-hybridized carbons (Fsp3) is 0.167. The van der Waals surface area contributed by atoms with Crippen molar-refractivity contribution in [1.82, 2.24) is 10.5 Å². The molecular weight excluding hydrogens is 268 g/mol. The molecule has 0 radical (unpaired) electrons. The van der Waals surface area contributed by atoms with E-state index in [0.29, 0.717) is 22.0 Å². The van der Waals surface area contributed by atoms with E-state index in [1.54, 1.807) is 18.2 Å². The molecule has 0 unspecified atom stereocenters. The van der Waals surface area contributed by atoms with Crippen molar-refractivity contribution in [2.24, 2.45) is 5.84 Å². The number of hydrogen-bond acceptors (Lipinski definition) is 5. The predicted octanol–water partition coefficient (Wildman–Crippen LogP) is 1.85. The zero-order valence-electron chi connectivity index (χ0n) is 10.2. The number of aromatic nitrogens is 1. The minimum Gasteiger partial charge on any atom is -0.359 e. The first-order valence-corrected chi connectivity index (χ1v) is 5.94. The lowest BCUT2D eigenvalue weighted by molar-refractivity contribution is 0.0948. The normalized spacial score (nSPS) is 10.3. The lowest BCUT2D eigenvalue weighted by Crippen LogP contribution is -2.24.